The Kier molecular flexibility index (Phi) is 6.60. The average molecular weight is 257 g/mol. The van der Waals surface area contributed by atoms with Crippen molar-refractivity contribution in [3.05, 3.63) is 0 Å². The van der Waals surface area contributed by atoms with Gasteiger partial charge < -0.3 is 16.2 Å². The summed E-state index contributed by atoms with van der Waals surface area (Å²) in [6.07, 6.45) is 3.93. The lowest BCUT2D eigenvalue weighted by Gasteiger charge is -2.42. The molecule has 5 heteroatoms. The van der Waals surface area contributed by atoms with Crippen molar-refractivity contribution in [1.82, 2.24) is 4.90 Å². The minimum Gasteiger partial charge on any atom is -0.383 e. The zero-order valence-corrected chi connectivity index (χ0v) is 11.6. The first-order valence-corrected chi connectivity index (χ1v) is 6.84. The van der Waals surface area contributed by atoms with E-state index in [1.807, 2.05) is 0 Å². The number of nitrogens with zero attached hydrogens (tertiary/aromatic N) is 1. The van der Waals surface area contributed by atoms with E-state index in [-0.39, 0.29) is 11.8 Å². The fourth-order valence-electron chi connectivity index (χ4n) is 2.77. The Morgan fingerprint density at radius 2 is 2.22 bits per heavy atom. The maximum Gasteiger partial charge on any atom is 0.221 e. The van der Waals surface area contributed by atoms with Crippen molar-refractivity contribution in [1.29, 1.82) is 0 Å². The summed E-state index contributed by atoms with van der Waals surface area (Å²) >= 11 is 0. The Hall–Kier alpha value is -0.650. The molecule has 1 aliphatic heterocycles. The fourth-order valence-corrected chi connectivity index (χ4v) is 2.77. The Labute approximate surface area is 110 Å². The first-order valence-electron chi connectivity index (χ1n) is 6.84. The molecular weight excluding hydrogens is 230 g/mol. The molecule has 0 aliphatic carbocycles. The van der Waals surface area contributed by atoms with Gasteiger partial charge in [-0.2, -0.15) is 0 Å². The minimum absolute atomic E-state index is 0.0153. The van der Waals surface area contributed by atoms with Crippen molar-refractivity contribution in [3.63, 3.8) is 0 Å². The summed E-state index contributed by atoms with van der Waals surface area (Å²) in [7, 11) is 1.72. The van der Waals surface area contributed by atoms with Gasteiger partial charge >= 0.3 is 0 Å². The molecule has 1 aliphatic rings. The van der Waals surface area contributed by atoms with E-state index in [9.17, 15) is 4.79 Å². The highest BCUT2D eigenvalue weighted by Crippen LogP contribution is 2.25. The van der Waals surface area contributed by atoms with Gasteiger partial charge in [0.2, 0.25) is 5.91 Å². The molecule has 4 N–H and O–H groups in total. The van der Waals surface area contributed by atoms with Crippen LogP contribution in [0.4, 0.5) is 0 Å². The van der Waals surface area contributed by atoms with E-state index >= 15 is 0 Å². The van der Waals surface area contributed by atoms with Gasteiger partial charge in [0.1, 0.15) is 0 Å². The number of amides is 1. The molecule has 1 fully saturated rings. The second-order valence-electron chi connectivity index (χ2n) is 5.26. The van der Waals surface area contributed by atoms with Crippen molar-refractivity contribution in [3.8, 4) is 0 Å². The monoisotopic (exact) mass is 257 g/mol. The highest BCUT2D eigenvalue weighted by molar-refractivity contribution is 5.77. The molecule has 0 saturated carbocycles. The topological polar surface area (TPSA) is 81.6 Å². The number of methoxy groups -OCH3 is 1. The molecule has 3 atom stereocenters. The SMILES string of the molecule is COCC(CCCN)N1CC(C(N)=O)CCC1C. The highest BCUT2D eigenvalue weighted by atomic mass is 16.5. The molecule has 0 aromatic heterocycles. The third-order valence-corrected chi connectivity index (χ3v) is 3.90. The first-order chi connectivity index (χ1) is 8.60. The van der Waals surface area contributed by atoms with Crippen LogP contribution in [0.1, 0.15) is 32.6 Å². The van der Waals surface area contributed by atoms with Gasteiger partial charge in [-0.1, -0.05) is 0 Å². The van der Waals surface area contributed by atoms with Crippen molar-refractivity contribution in [2.75, 3.05) is 26.8 Å². The van der Waals surface area contributed by atoms with Crippen LogP contribution in [-0.2, 0) is 9.53 Å². The maximum absolute atomic E-state index is 11.3. The zero-order valence-electron chi connectivity index (χ0n) is 11.6. The lowest BCUT2D eigenvalue weighted by molar-refractivity contribution is -0.124. The van der Waals surface area contributed by atoms with E-state index in [4.69, 9.17) is 16.2 Å². The summed E-state index contributed by atoms with van der Waals surface area (Å²) in [5.41, 5.74) is 11.0. The predicted molar refractivity (Wildman–Crippen MR) is 72.0 cm³/mol. The van der Waals surface area contributed by atoms with Crippen LogP contribution in [0, 0.1) is 5.92 Å². The molecule has 1 heterocycles. The standard InChI is InChI=1S/C13H27N3O2/c1-10-5-6-11(13(15)17)8-16(10)12(9-18-2)4-3-7-14/h10-12H,3-9,14H2,1-2H3,(H2,15,17). The number of carbonyl (C=O) groups excluding carboxylic acids is 1. The number of likely N-dealkylation sites (tertiary alicyclic amines) is 1. The number of rotatable bonds is 7. The van der Waals surface area contributed by atoms with Gasteiger partial charge in [0.15, 0.2) is 0 Å². The van der Waals surface area contributed by atoms with E-state index in [1.54, 1.807) is 7.11 Å². The number of hydrogen-bond donors (Lipinski definition) is 2. The normalized spacial score (nSPS) is 27.1. The lowest BCUT2D eigenvalue weighted by Crippen LogP contribution is -2.52. The number of hydrogen-bond acceptors (Lipinski definition) is 4. The van der Waals surface area contributed by atoms with E-state index in [2.05, 4.69) is 11.8 Å². The summed E-state index contributed by atoms with van der Waals surface area (Å²) in [5, 5.41) is 0. The van der Waals surface area contributed by atoms with Crippen LogP contribution in [0.15, 0.2) is 0 Å². The summed E-state index contributed by atoms with van der Waals surface area (Å²) < 4.78 is 5.30. The second kappa shape index (κ2) is 7.71. The van der Waals surface area contributed by atoms with Gasteiger partial charge in [-0.05, 0) is 39.2 Å². The number of ether oxygens (including phenoxy) is 1. The molecule has 5 nitrogen and oxygen atoms in total. The smallest absolute Gasteiger partial charge is 0.221 e. The molecule has 18 heavy (non-hydrogen) atoms. The van der Waals surface area contributed by atoms with Crippen LogP contribution in [0.2, 0.25) is 0 Å². The molecule has 3 unspecified atom stereocenters. The van der Waals surface area contributed by atoms with Gasteiger partial charge in [-0.15, -0.1) is 0 Å². The van der Waals surface area contributed by atoms with Gasteiger partial charge in [0, 0.05) is 25.7 Å². The largest absolute Gasteiger partial charge is 0.383 e. The Morgan fingerprint density at radius 3 is 2.78 bits per heavy atom. The third kappa shape index (κ3) is 4.23. The fraction of sp³-hybridized carbons (Fsp3) is 0.923. The van der Waals surface area contributed by atoms with Crippen molar-refractivity contribution in [2.24, 2.45) is 17.4 Å². The van der Waals surface area contributed by atoms with E-state index in [0.717, 1.165) is 32.2 Å². The number of piperidine rings is 1. The van der Waals surface area contributed by atoms with E-state index in [0.29, 0.717) is 25.2 Å². The van der Waals surface area contributed by atoms with Gasteiger partial charge in [0.05, 0.1) is 12.5 Å². The van der Waals surface area contributed by atoms with Gasteiger partial charge in [-0.3, -0.25) is 9.69 Å². The van der Waals surface area contributed by atoms with Gasteiger partial charge in [-0.25, -0.2) is 0 Å². The second-order valence-corrected chi connectivity index (χ2v) is 5.26. The van der Waals surface area contributed by atoms with Crippen LogP contribution in [0.3, 0.4) is 0 Å². The molecule has 0 aromatic rings. The minimum atomic E-state index is -0.179. The van der Waals surface area contributed by atoms with Crippen LogP contribution < -0.4 is 11.5 Å². The Bertz CT molecular complexity index is 261. The van der Waals surface area contributed by atoms with Crippen LogP contribution in [0.25, 0.3) is 0 Å². The molecule has 0 bridgehead atoms. The quantitative estimate of drug-likeness (QED) is 0.688. The lowest BCUT2D eigenvalue weighted by atomic mass is 9.91. The average Bonchev–Trinajstić information content (AvgIpc) is 2.35. The summed E-state index contributed by atoms with van der Waals surface area (Å²) in [4.78, 5) is 13.7. The number of nitrogens with two attached hydrogens (primary N) is 2. The molecular formula is C13H27N3O2. The van der Waals surface area contributed by atoms with E-state index < -0.39 is 0 Å². The van der Waals surface area contributed by atoms with Crippen molar-refractivity contribution >= 4 is 5.91 Å². The van der Waals surface area contributed by atoms with Crippen LogP contribution >= 0.6 is 0 Å². The third-order valence-electron chi connectivity index (χ3n) is 3.90. The molecule has 1 rings (SSSR count). The highest BCUT2D eigenvalue weighted by Gasteiger charge is 2.32. The molecule has 0 aromatic carbocycles. The maximum atomic E-state index is 11.3. The Morgan fingerprint density at radius 1 is 1.50 bits per heavy atom. The summed E-state index contributed by atoms with van der Waals surface area (Å²) in [6, 6.07) is 0.828. The molecule has 0 radical (unpaired) electrons. The zero-order chi connectivity index (χ0) is 13.5. The molecule has 1 saturated heterocycles. The summed E-state index contributed by atoms with van der Waals surface area (Å²) in [5.74, 6) is -0.194. The molecule has 106 valence electrons. The summed E-state index contributed by atoms with van der Waals surface area (Å²) in [6.45, 7) is 4.36. The van der Waals surface area contributed by atoms with Crippen molar-refractivity contribution < 1.29 is 9.53 Å². The van der Waals surface area contributed by atoms with Crippen LogP contribution in [-0.4, -0.2) is 49.7 Å². The first kappa shape index (κ1) is 15.4. The number of carbonyl (C=O) groups is 1. The Balaban J connectivity index is 2.63. The number of primary amides is 1. The predicted octanol–water partition coefficient (Wildman–Crippen LogP) is 0.326. The van der Waals surface area contributed by atoms with Crippen LogP contribution in [0.5, 0.6) is 0 Å². The molecule has 1 amide bonds. The van der Waals surface area contributed by atoms with Gasteiger partial charge in [0.25, 0.3) is 0 Å². The molecule has 0 spiro atoms. The van der Waals surface area contributed by atoms with E-state index in [1.165, 1.54) is 0 Å². The van der Waals surface area contributed by atoms with Crippen molar-refractivity contribution in [2.45, 2.75) is 44.7 Å².